The van der Waals surface area contributed by atoms with Crippen LogP contribution in [0.1, 0.15) is 46.0 Å². The number of nitrogens with two attached hydrogens (primary N) is 1. The van der Waals surface area contributed by atoms with Crippen LogP contribution in [-0.4, -0.2) is 22.1 Å². The molecular formula is C12H22N4OS. The minimum Gasteiger partial charge on any atom is -0.320 e. The maximum Gasteiger partial charge on any atom is 0.243 e. The number of hydrogen-bond donors (Lipinski definition) is 2. The Morgan fingerprint density at radius 3 is 2.44 bits per heavy atom. The van der Waals surface area contributed by atoms with Crippen molar-refractivity contribution >= 4 is 22.4 Å². The first-order valence-electron chi connectivity index (χ1n) is 6.10. The SMILES string of the molecule is CC(C)C[C@H](N)C(=O)Nc1nnc(C(C)(C)C)s1. The first-order valence-corrected chi connectivity index (χ1v) is 6.92. The molecule has 1 amide bonds. The van der Waals surface area contributed by atoms with E-state index in [1.54, 1.807) is 0 Å². The van der Waals surface area contributed by atoms with Gasteiger partial charge < -0.3 is 5.73 Å². The van der Waals surface area contributed by atoms with Gasteiger partial charge in [-0.25, -0.2) is 0 Å². The van der Waals surface area contributed by atoms with E-state index in [-0.39, 0.29) is 11.3 Å². The molecule has 1 heterocycles. The minimum atomic E-state index is -0.494. The van der Waals surface area contributed by atoms with E-state index in [1.807, 2.05) is 13.8 Å². The van der Waals surface area contributed by atoms with Crippen molar-refractivity contribution in [3.05, 3.63) is 5.01 Å². The summed E-state index contributed by atoms with van der Waals surface area (Å²) in [5.41, 5.74) is 5.75. The molecule has 1 atom stereocenters. The average molecular weight is 270 g/mol. The highest BCUT2D eigenvalue weighted by Gasteiger charge is 2.21. The number of carbonyl (C=O) groups excluding carboxylic acids is 1. The Morgan fingerprint density at radius 1 is 1.39 bits per heavy atom. The lowest BCUT2D eigenvalue weighted by molar-refractivity contribution is -0.117. The van der Waals surface area contributed by atoms with E-state index in [9.17, 15) is 4.79 Å². The van der Waals surface area contributed by atoms with Gasteiger partial charge in [0, 0.05) is 5.41 Å². The van der Waals surface area contributed by atoms with Crippen molar-refractivity contribution in [3.63, 3.8) is 0 Å². The van der Waals surface area contributed by atoms with Crippen LogP contribution in [-0.2, 0) is 10.2 Å². The summed E-state index contributed by atoms with van der Waals surface area (Å²) in [4.78, 5) is 11.8. The van der Waals surface area contributed by atoms with Crippen molar-refractivity contribution in [2.24, 2.45) is 11.7 Å². The van der Waals surface area contributed by atoms with E-state index in [2.05, 4.69) is 36.3 Å². The predicted octanol–water partition coefficient (Wildman–Crippen LogP) is 2.15. The van der Waals surface area contributed by atoms with Crippen molar-refractivity contribution < 1.29 is 4.79 Å². The standard InChI is InChI=1S/C12H22N4OS/c1-7(2)6-8(13)9(17)14-11-16-15-10(18-11)12(3,4)5/h7-8H,6,13H2,1-5H3,(H,14,16,17)/t8-/m0/s1. The molecule has 6 heteroatoms. The third kappa shape index (κ3) is 4.34. The van der Waals surface area contributed by atoms with Crippen molar-refractivity contribution in [2.75, 3.05) is 5.32 Å². The van der Waals surface area contributed by atoms with Gasteiger partial charge in [-0.1, -0.05) is 46.0 Å². The summed E-state index contributed by atoms with van der Waals surface area (Å²) >= 11 is 1.39. The van der Waals surface area contributed by atoms with Gasteiger partial charge in [-0.3, -0.25) is 10.1 Å². The normalized spacial score (nSPS) is 13.7. The molecular weight excluding hydrogens is 248 g/mol. The summed E-state index contributed by atoms with van der Waals surface area (Å²) in [6, 6.07) is -0.494. The highest BCUT2D eigenvalue weighted by atomic mass is 32.1. The first kappa shape index (κ1) is 15.0. The molecule has 102 valence electrons. The van der Waals surface area contributed by atoms with E-state index < -0.39 is 6.04 Å². The zero-order chi connectivity index (χ0) is 13.9. The van der Waals surface area contributed by atoms with Crippen LogP contribution in [0.15, 0.2) is 0 Å². The molecule has 18 heavy (non-hydrogen) atoms. The third-order valence-corrected chi connectivity index (χ3v) is 3.62. The van der Waals surface area contributed by atoms with Crippen LogP contribution in [0.3, 0.4) is 0 Å². The number of rotatable bonds is 4. The number of nitrogens with one attached hydrogen (secondary N) is 1. The number of nitrogens with zero attached hydrogens (tertiary/aromatic N) is 2. The van der Waals surface area contributed by atoms with Gasteiger partial charge in [-0.2, -0.15) is 0 Å². The smallest absolute Gasteiger partial charge is 0.243 e. The second-order valence-corrected chi connectivity index (χ2v) is 6.87. The lowest BCUT2D eigenvalue weighted by Crippen LogP contribution is -2.36. The zero-order valence-electron chi connectivity index (χ0n) is 11.7. The van der Waals surface area contributed by atoms with Crippen LogP contribution in [0, 0.1) is 5.92 Å². The topological polar surface area (TPSA) is 80.9 Å². The van der Waals surface area contributed by atoms with Crippen molar-refractivity contribution in [3.8, 4) is 0 Å². The molecule has 0 radical (unpaired) electrons. The van der Waals surface area contributed by atoms with Crippen LogP contribution in [0.2, 0.25) is 0 Å². The summed E-state index contributed by atoms with van der Waals surface area (Å²) < 4.78 is 0. The molecule has 0 aliphatic rings. The summed E-state index contributed by atoms with van der Waals surface area (Å²) in [7, 11) is 0. The van der Waals surface area contributed by atoms with Gasteiger partial charge in [0.15, 0.2) is 0 Å². The van der Waals surface area contributed by atoms with E-state index >= 15 is 0 Å². The molecule has 0 aliphatic heterocycles. The molecule has 3 N–H and O–H groups in total. The highest BCUT2D eigenvalue weighted by molar-refractivity contribution is 7.15. The maximum atomic E-state index is 11.8. The minimum absolute atomic E-state index is 0.0549. The fraction of sp³-hybridized carbons (Fsp3) is 0.750. The molecule has 0 fully saturated rings. The molecule has 0 unspecified atom stereocenters. The number of aromatic nitrogens is 2. The highest BCUT2D eigenvalue weighted by Crippen LogP contribution is 2.27. The van der Waals surface area contributed by atoms with Crippen LogP contribution < -0.4 is 11.1 Å². The van der Waals surface area contributed by atoms with E-state index in [0.717, 1.165) is 5.01 Å². The zero-order valence-corrected chi connectivity index (χ0v) is 12.5. The Labute approximate surface area is 112 Å². The molecule has 1 aromatic heterocycles. The molecule has 0 saturated carbocycles. The number of anilines is 1. The number of carbonyl (C=O) groups is 1. The van der Waals surface area contributed by atoms with E-state index in [0.29, 0.717) is 17.5 Å². The van der Waals surface area contributed by atoms with Crippen LogP contribution in [0.5, 0.6) is 0 Å². The second-order valence-electron chi connectivity index (χ2n) is 5.89. The lowest BCUT2D eigenvalue weighted by Gasteiger charge is -2.13. The van der Waals surface area contributed by atoms with E-state index in [4.69, 9.17) is 5.73 Å². The second kappa shape index (κ2) is 5.75. The van der Waals surface area contributed by atoms with Crippen LogP contribution in [0.4, 0.5) is 5.13 Å². The summed E-state index contributed by atoms with van der Waals surface area (Å²) in [5, 5.41) is 12.2. The third-order valence-electron chi connectivity index (χ3n) is 2.36. The van der Waals surface area contributed by atoms with Gasteiger partial charge in [0.2, 0.25) is 11.0 Å². The van der Waals surface area contributed by atoms with Crippen molar-refractivity contribution in [1.29, 1.82) is 0 Å². The molecule has 5 nitrogen and oxygen atoms in total. The van der Waals surface area contributed by atoms with Gasteiger partial charge in [-0.15, -0.1) is 10.2 Å². The first-order chi connectivity index (χ1) is 8.20. The molecule has 0 bridgehead atoms. The molecule has 0 spiro atoms. The average Bonchev–Trinajstić information content (AvgIpc) is 2.64. The van der Waals surface area contributed by atoms with Crippen molar-refractivity contribution in [2.45, 2.75) is 52.5 Å². The Bertz CT molecular complexity index is 408. The lowest BCUT2D eigenvalue weighted by atomic mass is 9.98. The van der Waals surface area contributed by atoms with Crippen molar-refractivity contribution in [1.82, 2.24) is 10.2 Å². The van der Waals surface area contributed by atoms with Gasteiger partial charge >= 0.3 is 0 Å². The van der Waals surface area contributed by atoms with Gasteiger partial charge in [0.05, 0.1) is 6.04 Å². The van der Waals surface area contributed by atoms with E-state index in [1.165, 1.54) is 11.3 Å². The molecule has 0 saturated heterocycles. The molecule has 1 aromatic rings. The number of hydrogen-bond acceptors (Lipinski definition) is 5. The Morgan fingerprint density at radius 2 is 2.00 bits per heavy atom. The molecule has 0 aromatic carbocycles. The molecule has 1 rings (SSSR count). The Kier molecular flexibility index (Phi) is 4.81. The summed E-state index contributed by atoms with van der Waals surface area (Å²) in [6.07, 6.45) is 0.663. The summed E-state index contributed by atoms with van der Waals surface area (Å²) in [6.45, 7) is 10.3. The van der Waals surface area contributed by atoms with Crippen LogP contribution >= 0.6 is 11.3 Å². The summed E-state index contributed by atoms with van der Waals surface area (Å²) in [5.74, 6) is 0.200. The number of amides is 1. The predicted molar refractivity (Wildman–Crippen MR) is 74.7 cm³/mol. The maximum absolute atomic E-state index is 11.8. The largest absolute Gasteiger partial charge is 0.320 e. The monoisotopic (exact) mass is 270 g/mol. The van der Waals surface area contributed by atoms with Crippen LogP contribution in [0.25, 0.3) is 0 Å². The van der Waals surface area contributed by atoms with Gasteiger partial charge in [0.25, 0.3) is 0 Å². The molecule has 0 aliphatic carbocycles. The fourth-order valence-corrected chi connectivity index (χ4v) is 2.19. The Hall–Kier alpha value is -1.01. The van der Waals surface area contributed by atoms with Gasteiger partial charge in [0.1, 0.15) is 5.01 Å². The van der Waals surface area contributed by atoms with Gasteiger partial charge in [-0.05, 0) is 12.3 Å². The quantitative estimate of drug-likeness (QED) is 0.878. The fourth-order valence-electron chi connectivity index (χ4n) is 1.39. The Balaban J connectivity index is 2.63.